The van der Waals surface area contributed by atoms with Crippen LogP contribution in [0.15, 0.2) is 29.3 Å². The van der Waals surface area contributed by atoms with Crippen LogP contribution in [0.5, 0.6) is 0 Å². The fraction of sp³-hybridized carbons (Fsp3) is 0.650. The highest BCUT2D eigenvalue weighted by molar-refractivity contribution is 6.31. The lowest BCUT2D eigenvalue weighted by atomic mass is 10.0. The van der Waals surface area contributed by atoms with Crippen LogP contribution in [-0.4, -0.2) is 45.5 Å². The quantitative estimate of drug-likeness (QED) is 0.388. The predicted octanol–water partition coefficient (Wildman–Crippen LogP) is 3.79. The number of nitrogens with zero attached hydrogens (tertiary/aromatic N) is 1. The van der Waals surface area contributed by atoms with E-state index < -0.39 is 0 Å². The van der Waals surface area contributed by atoms with Gasteiger partial charge in [0.25, 0.3) is 0 Å². The average Bonchev–Trinajstić information content (AvgIpc) is 2.65. The van der Waals surface area contributed by atoms with Crippen LogP contribution in [0.2, 0.25) is 5.02 Å². The molecule has 2 N–H and O–H groups in total. The maximum Gasteiger partial charge on any atom is 0.191 e. The zero-order valence-electron chi connectivity index (χ0n) is 16.0. The van der Waals surface area contributed by atoms with Gasteiger partial charge in [0.1, 0.15) is 0 Å². The summed E-state index contributed by atoms with van der Waals surface area (Å²) in [6.07, 6.45) is 3.15. The minimum absolute atomic E-state index is 0.0891. The standard InChI is InChI=1S/C20H32ClN3O2/c1-3-22-20(24-16(2)18-7-4-5-8-19(18)21)23-11-6-12-26-15-17-9-13-25-14-10-17/h4-5,7-8,16-17H,3,6,9-15H2,1-2H3,(H2,22,23,24). The van der Waals surface area contributed by atoms with E-state index in [4.69, 9.17) is 21.1 Å². The number of hydrogen-bond donors (Lipinski definition) is 2. The molecule has 1 unspecified atom stereocenters. The van der Waals surface area contributed by atoms with Crippen LogP contribution >= 0.6 is 11.6 Å². The van der Waals surface area contributed by atoms with Crippen molar-refractivity contribution >= 4 is 17.6 Å². The van der Waals surface area contributed by atoms with Gasteiger partial charge in [0.2, 0.25) is 0 Å². The minimum atomic E-state index is 0.0891. The first-order valence-electron chi connectivity index (χ1n) is 9.65. The van der Waals surface area contributed by atoms with Gasteiger partial charge in [-0.25, -0.2) is 0 Å². The molecule has 6 heteroatoms. The van der Waals surface area contributed by atoms with Crippen LogP contribution in [-0.2, 0) is 9.47 Å². The highest BCUT2D eigenvalue weighted by atomic mass is 35.5. The third-order valence-corrected chi connectivity index (χ3v) is 4.82. The number of aliphatic imine (C=N–C) groups is 1. The summed E-state index contributed by atoms with van der Waals surface area (Å²) >= 11 is 6.28. The van der Waals surface area contributed by atoms with E-state index in [9.17, 15) is 0 Å². The summed E-state index contributed by atoms with van der Waals surface area (Å²) in [4.78, 5) is 4.64. The third-order valence-electron chi connectivity index (χ3n) is 4.48. The van der Waals surface area contributed by atoms with Crippen molar-refractivity contribution in [1.29, 1.82) is 0 Å². The van der Waals surface area contributed by atoms with Crippen molar-refractivity contribution in [3.05, 3.63) is 34.9 Å². The third kappa shape index (κ3) is 7.52. The van der Waals surface area contributed by atoms with Gasteiger partial charge in [-0.2, -0.15) is 0 Å². The van der Waals surface area contributed by atoms with E-state index >= 15 is 0 Å². The highest BCUT2D eigenvalue weighted by Gasteiger charge is 2.13. The molecule has 1 atom stereocenters. The fourth-order valence-electron chi connectivity index (χ4n) is 2.95. The number of guanidine groups is 1. The number of benzene rings is 1. The highest BCUT2D eigenvalue weighted by Crippen LogP contribution is 2.21. The van der Waals surface area contributed by atoms with Gasteiger partial charge in [-0.15, -0.1) is 0 Å². The van der Waals surface area contributed by atoms with E-state index in [2.05, 4.69) is 29.5 Å². The summed E-state index contributed by atoms with van der Waals surface area (Å²) in [5.74, 6) is 1.46. The number of nitrogens with one attached hydrogen (secondary N) is 2. The molecule has 0 aromatic heterocycles. The van der Waals surface area contributed by atoms with Gasteiger partial charge >= 0.3 is 0 Å². The molecule has 146 valence electrons. The van der Waals surface area contributed by atoms with Crippen molar-refractivity contribution in [3.8, 4) is 0 Å². The van der Waals surface area contributed by atoms with E-state index in [0.29, 0.717) is 5.92 Å². The molecule has 0 bridgehead atoms. The molecule has 1 aliphatic rings. The molecule has 1 heterocycles. The Morgan fingerprint density at radius 2 is 2.12 bits per heavy atom. The van der Waals surface area contributed by atoms with Crippen LogP contribution in [0.25, 0.3) is 0 Å². The van der Waals surface area contributed by atoms with Crippen LogP contribution in [0, 0.1) is 5.92 Å². The summed E-state index contributed by atoms with van der Waals surface area (Å²) in [5, 5.41) is 7.47. The normalized spacial score (nSPS) is 17.1. The monoisotopic (exact) mass is 381 g/mol. The molecular weight excluding hydrogens is 350 g/mol. The molecule has 0 saturated carbocycles. The molecular formula is C20H32ClN3O2. The second kappa shape index (κ2) is 12.2. The first-order chi connectivity index (χ1) is 12.7. The first-order valence-corrected chi connectivity index (χ1v) is 10.0. The Labute approximate surface area is 162 Å². The van der Waals surface area contributed by atoms with Gasteiger partial charge in [-0.1, -0.05) is 29.8 Å². The van der Waals surface area contributed by atoms with Crippen molar-refractivity contribution in [2.24, 2.45) is 10.9 Å². The van der Waals surface area contributed by atoms with E-state index in [1.807, 2.05) is 24.3 Å². The topological polar surface area (TPSA) is 54.9 Å². The number of rotatable bonds is 9. The molecule has 0 aliphatic carbocycles. The van der Waals surface area contributed by atoms with E-state index in [0.717, 1.165) is 75.3 Å². The molecule has 2 rings (SSSR count). The largest absolute Gasteiger partial charge is 0.381 e. The van der Waals surface area contributed by atoms with Gasteiger partial charge in [0, 0.05) is 44.5 Å². The second-order valence-electron chi connectivity index (χ2n) is 6.63. The van der Waals surface area contributed by atoms with Crippen LogP contribution in [0.1, 0.15) is 44.7 Å². The summed E-state index contributed by atoms with van der Waals surface area (Å²) in [6.45, 7) is 9.05. The Balaban J connectivity index is 1.71. The van der Waals surface area contributed by atoms with Crippen LogP contribution in [0.4, 0.5) is 0 Å². The van der Waals surface area contributed by atoms with Crippen molar-refractivity contribution in [3.63, 3.8) is 0 Å². The van der Waals surface area contributed by atoms with Gasteiger partial charge in [-0.3, -0.25) is 4.99 Å². The number of ether oxygens (including phenoxy) is 2. The Hall–Kier alpha value is -1.30. The molecule has 1 aromatic carbocycles. The van der Waals surface area contributed by atoms with E-state index in [1.54, 1.807) is 0 Å². The average molecular weight is 382 g/mol. The van der Waals surface area contributed by atoms with Crippen LogP contribution in [0.3, 0.4) is 0 Å². The Morgan fingerprint density at radius 3 is 2.85 bits per heavy atom. The molecule has 5 nitrogen and oxygen atoms in total. The SMILES string of the molecule is CCNC(=NCCCOCC1CCOCC1)NC(C)c1ccccc1Cl. The Morgan fingerprint density at radius 1 is 1.35 bits per heavy atom. The second-order valence-corrected chi connectivity index (χ2v) is 7.04. The van der Waals surface area contributed by atoms with Gasteiger partial charge in [0.05, 0.1) is 6.04 Å². The smallest absolute Gasteiger partial charge is 0.191 e. The molecule has 1 saturated heterocycles. The van der Waals surface area contributed by atoms with Crippen LogP contribution < -0.4 is 10.6 Å². The summed E-state index contributed by atoms with van der Waals surface area (Å²) < 4.78 is 11.2. The number of halogens is 1. The minimum Gasteiger partial charge on any atom is -0.381 e. The molecule has 0 amide bonds. The number of hydrogen-bond acceptors (Lipinski definition) is 3. The van der Waals surface area contributed by atoms with Gasteiger partial charge < -0.3 is 20.1 Å². The lowest BCUT2D eigenvalue weighted by Gasteiger charge is -2.21. The molecule has 26 heavy (non-hydrogen) atoms. The molecule has 1 aromatic rings. The summed E-state index contributed by atoms with van der Waals surface area (Å²) in [7, 11) is 0. The Bertz CT molecular complexity index is 548. The fourth-order valence-corrected chi connectivity index (χ4v) is 3.25. The molecule has 1 aliphatic heterocycles. The first kappa shape index (κ1) is 21.0. The zero-order valence-corrected chi connectivity index (χ0v) is 16.7. The van der Waals surface area contributed by atoms with Crippen molar-refractivity contribution in [1.82, 2.24) is 10.6 Å². The molecule has 1 fully saturated rings. The lowest BCUT2D eigenvalue weighted by Crippen LogP contribution is -2.39. The summed E-state index contributed by atoms with van der Waals surface area (Å²) in [5.41, 5.74) is 1.07. The van der Waals surface area contributed by atoms with E-state index in [-0.39, 0.29) is 6.04 Å². The van der Waals surface area contributed by atoms with Crippen molar-refractivity contribution in [2.75, 3.05) is 39.5 Å². The molecule has 0 spiro atoms. The van der Waals surface area contributed by atoms with E-state index in [1.165, 1.54) is 0 Å². The predicted molar refractivity (Wildman–Crippen MR) is 108 cm³/mol. The lowest BCUT2D eigenvalue weighted by molar-refractivity contribution is 0.0205. The van der Waals surface area contributed by atoms with Gasteiger partial charge in [-0.05, 0) is 50.7 Å². The zero-order chi connectivity index (χ0) is 18.6. The maximum atomic E-state index is 6.28. The summed E-state index contributed by atoms with van der Waals surface area (Å²) in [6, 6.07) is 7.98. The maximum absolute atomic E-state index is 6.28. The molecule has 0 radical (unpaired) electrons. The van der Waals surface area contributed by atoms with Gasteiger partial charge in [0.15, 0.2) is 5.96 Å². The Kier molecular flexibility index (Phi) is 9.82. The van der Waals surface area contributed by atoms with Crippen molar-refractivity contribution in [2.45, 2.75) is 39.2 Å². The van der Waals surface area contributed by atoms with Crippen molar-refractivity contribution < 1.29 is 9.47 Å².